The number of fused-ring (bicyclic) bond motifs is 1. The molecule has 0 aromatic heterocycles. The monoisotopic (exact) mass is 379 g/mol. The number of benzene rings is 2. The number of nitrogens with zero attached hydrogens (tertiary/aromatic N) is 1. The molecule has 3 rings (SSSR count). The maximum Gasteiger partial charge on any atom is 0.421 e. The van der Waals surface area contributed by atoms with Crippen LogP contribution in [0.1, 0.15) is 38.3 Å². The Morgan fingerprint density at radius 3 is 2.36 bits per heavy atom. The number of ether oxygens (including phenoxy) is 2. The lowest BCUT2D eigenvalue weighted by Gasteiger charge is -2.29. The van der Waals surface area contributed by atoms with E-state index in [1.807, 2.05) is 42.5 Å². The number of rotatable bonds is 4. The molecule has 1 atom stereocenters. The Morgan fingerprint density at radius 1 is 1.14 bits per heavy atom. The molecule has 0 fully saturated rings. The van der Waals surface area contributed by atoms with Crippen LogP contribution in [0.4, 0.5) is 10.5 Å². The van der Waals surface area contributed by atoms with Crippen molar-refractivity contribution in [2.75, 3.05) is 12.0 Å². The molecule has 5 nitrogen and oxygen atoms in total. The van der Waals surface area contributed by atoms with Crippen LogP contribution in [0.3, 0.4) is 0 Å². The molecular weight excluding hydrogens is 354 g/mol. The van der Waals surface area contributed by atoms with Gasteiger partial charge in [-0.3, -0.25) is 4.79 Å². The fraction of sp³-hybridized carbons (Fsp3) is 0.304. The van der Waals surface area contributed by atoms with Crippen LogP contribution >= 0.6 is 0 Å². The smallest absolute Gasteiger partial charge is 0.421 e. The minimum Gasteiger partial charge on any atom is -0.497 e. The van der Waals surface area contributed by atoms with E-state index < -0.39 is 17.1 Å². The highest BCUT2D eigenvalue weighted by Gasteiger charge is 2.54. The predicted molar refractivity (Wildman–Crippen MR) is 109 cm³/mol. The van der Waals surface area contributed by atoms with Crippen molar-refractivity contribution in [2.24, 2.45) is 0 Å². The Kier molecular flexibility index (Phi) is 5.02. The third-order valence-corrected chi connectivity index (χ3v) is 4.78. The number of hydrogen-bond donors (Lipinski definition) is 0. The number of anilines is 1. The molecular formula is C23H25NO4. The molecule has 2 aromatic rings. The summed E-state index contributed by atoms with van der Waals surface area (Å²) in [6.45, 7) is 9.18. The first-order valence-corrected chi connectivity index (χ1v) is 9.17. The summed E-state index contributed by atoms with van der Waals surface area (Å²) in [4.78, 5) is 27.7. The topological polar surface area (TPSA) is 55.8 Å². The Hall–Kier alpha value is -3.08. The lowest BCUT2D eigenvalue weighted by molar-refractivity contribution is -0.121. The number of imide groups is 1. The van der Waals surface area contributed by atoms with Gasteiger partial charge in [-0.2, -0.15) is 0 Å². The first-order valence-electron chi connectivity index (χ1n) is 9.17. The van der Waals surface area contributed by atoms with Crippen LogP contribution in [0, 0.1) is 0 Å². The summed E-state index contributed by atoms with van der Waals surface area (Å²) in [5.41, 5.74) is 0.324. The molecule has 2 amide bonds. The van der Waals surface area contributed by atoms with Gasteiger partial charge in [-0.15, -0.1) is 6.58 Å². The van der Waals surface area contributed by atoms with Gasteiger partial charge in [0.25, 0.3) is 5.91 Å². The van der Waals surface area contributed by atoms with E-state index >= 15 is 0 Å². The van der Waals surface area contributed by atoms with Gasteiger partial charge in [-0.05, 0) is 56.5 Å². The number of hydrogen-bond acceptors (Lipinski definition) is 4. The normalized spacial score (nSPS) is 18.6. The molecule has 0 aliphatic carbocycles. The minimum absolute atomic E-state index is 0.340. The molecule has 0 N–H and O–H groups in total. The zero-order valence-corrected chi connectivity index (χ0v) is 16.7. The van der Waals surface area contributed by atoms with Gasteiger partial charge in [0.1, 0.15) is 16.8 Å². The summed E-state index contributed by atoms with van der Waals surface area (Å²) in [7, 11) is 1.59. The molecule has 1 heterocycles. The second-order valence-electron chi connectivity index (χ2n) is 7.76. The SMILES string of the molecule is C=CCC1(c2ccc(OC)cc2)C(=O)N(C(=O)OC(C)(C)C)c2ccccc21. The first-order chi connectivity index (χ1) is 13.2. The Balaban J connectivity index is 2.19. The van der Waals surface area contributed by atoms with Crippen LogP contribution in [0.5, 0.6) is 5.75 Å². The van der Waals surface area contributed by atoms with E-state index in [-0.39, 0.29) is 5.91 Å². The lowest BCUT2D eigenvalue weighted by atomic mass is 9.73. The highest BCUT2D eigenvalue weighted by molar-refractivity contribution is 6.22. The Morgan fingerprint density at radius 2 is 1.79 bits per heavy atom. The van der Waals surface area contributed by atoms with Gasteiger partial charge < -0.3 is 9.47 Å². The zero-order chi connectivity index (χ0) is 20.5. The Bertz CT molecular complexity index is 911. The van der Waals surface area contributed by atoms with E-state index in [0.29, 0.717) is 17.9 Å². The van der Waals surface area contributed by atoms with Crippen molar-refractivity contribution in [3.8, 4) is 5.75 Å². The van der Waals surface area contributed by atoms with E-state index in [0.717, 1.165) is 16.0 Å². The van der Waals surface area contributed by atoms with Crippen LogP contribution in [-0.4, -0.2) is 24.7 Å². The molecule has 1 aliphatic rings. The average molecular weight is 379 g/mol. The molecule has 0 radical (unpaired) electrons. The van der Waals surface area contributed by atoms with Crippen molar-refractivity contribution in [1.29, 1.82) is 0 Å². The molecule has 1 aliphatic heterocycles. The largest absolute Gasteiger partial charge is 0.497 e. The van der Waals surface area contributed by atoms with Crippen LogP contribution in [0.25, 0.3) is 0 Å². The maximum atomic E-state index is 13.7. The number of carbonyl (C=O) groups is 2. The standard InChI is InChI=1S/C23H25NO4/c1-6-15-23(16-11-13-17(27-5)14-12-16)18-9-7-8-10-19(18)24(20(23)25)21(26)28-22(2,3)4/h6-14H,1,15H2,2-5H3. The molecule has 146 valence electrons. The number of para-hydroxylation sites is 1. The third kappa shape index (κ3) is 3.17. The summed E-state index contributed by atoms with van der Waals surface area (Å²) in [5, 5.41) is 0. The van der Waals surface area contributed by atoms with Crippen molar-refractivity contribution in [2.45, 2.75) is 38.2 Å². The van der Waals surface area contributed by atoms with Gasteiger partial charge in [-0.1, -0.05) is 36.4 Å². The quantitative estimate of drug-likeness (QED) is 0.714. The van der Waals surface area contributed by atoms with E-state index in [2.05, 4.69) is 6.58 Å². The van der Waals surface area contributed by atoms with Crippen molar-refractivity contribution in [1.82, 2.24) is 0 Å². The number of amides is 2. The molecule has 2 aromatic carbocycles. The zero-order valence-electron chi connectivity index (χ0n) is 16.7. The first kappa shape index (κ1) is 19.7. The fourth-order valence-corrected chi connectivity index (χ4v) is 3.62. The van der Waals surface area contributed by atoms with Gasteiger partial charge in [0.05, 0.1) is 12.8 Å². The molecule has 0 saturated heterocycles. The molecule has 28 heavy (non-hydrogen) atoms. The van der Waals surface area contributed by atoms with E-state index in [1.54, 1.807) is 40.0 Å². The highest BCUT2D eigenvalue weighted by atomic mass is 16.6. The van der Waals surface area contributed by atoms with Crippen LogP contribution in [0.15, 0.2) is 61.2 Å². The molecule has 0 spiro atoms. The third-order valence-electron chi connectivity index (χ3n) is 4.78. The highest BCUT2D eigenvalue weighted by Crippen LogP contribution is 2.49. The van der Waals surface area contributed by atoms with Gasteiger partial charge in [0.2, 0.25) is 0 Å². The second-order valence-corrected chi connectivity index (χ2v) is 7.76. The summed E-state index contributed by atoms with van der Waals surface area (Å²) in [6, 6.07) is 14.7. The van der Waals surface area contributed by atoms with E-state index in [4.69, 9.17) is 9.47 Å². The minimum atomic E-state index is -1.04. The van der Waals surface area contributed by atoms with Crippen molar-refractivity contribution in [3.05, 3.63) is 72.3 Å². The Labute approximate surface area is 165 Å². The molecule has 1 unspecified atom stereocenters. The van der Waals surface area contributed by atoms with Crippen molar-refractivity contribution < 1.29 is 19.1 Å². The molecule has 0 bridgehead atoms. The van der Waals surface area contributed by atoms with Gasteiger partial charge >= 0.3 is 6.09 Å². The van der Waals surface area contributed by atoms with Gasteiger partial charge in [0.15, 0.2) is 0 Å². The maximum absolute atomic E-state index is 13.7. The summed E-state index contributed by atoms with van der Waals surface area (Å²) >= 11 is 0. The van der Waals surface area contributed by atoms with Crippen LogP contribution in [0.2, 0.25) is 0 Å². The number of allylic oxidation sites excluding steroid dienone is 1. The van der Waals surface area contributed by atoms with E-state index in [9.17, 15) is 9.59 Å². The fourth-order valence-electron chi connectivity index (χ4n) is 3.62. The number of methoxy groups -OCH3 is 1. The van der Waals surface area contributed by atoms with E-state index in [1.165, 1.54) is 0 Å². The van der Waals surface area contributed by atoms with Crippen molar-refractivity contribution >= 4 is 17.7 Å². The average Bonchev–Trinajstić information content (AvgIpc) is 2.90. The predicted octanol–water partition coefficient (Wildman–Crippen LogP) is 4.84. The summed E-state index contributed by atoms with van der Waals surface area (Å²) in [5.74, 6) is 0.355. The molecule has 5 heteroatoms. The summed E-state index contributed by atoms with van der Waals surface area (Å²) < 4.78 is 10.8. The summed E-state index contributed by atoms with van der Waals surface area (Å²) in [6.07, 6.45) is 1.39. The van der Waals surface area contributed by atoms with Gasteiger partial charge in [0, 0.05) is 0 Å². The molecule has 0 saturated carbocycles. The van der Waals surface area contributed by atoms with Crippen molar-refractivity contribution in [3.63, 3.8) is 0 Å². The van der Waals surface area contributed by atoms with Crippen LogP contribution in [-0.2, 0) is 14.9 Å². The van der Waals surface area contributed by atoms with Crippen LogP contribution < -0.4 is 9.64 Å². The number of carbonyl (C=O) groups excluding carboxylic acids is 2. The van der Waals surface area contributed by atoms with Gasteiger partial charge in [-0.25, -0.2) is 9.69 Å². The lowest BCUT2D eigenvalue weighted by Crippen LogP contribution is -2.45. The second kappa shape index (κ2) is 7.15.